The number of nitrogens with zero attached hydrogens (tertiary/aromatic N) is 1. The monoisotopic (exact) mass is 380 g/mol. The van der Waals surface area contributed by atoms with Gasteiger partial charge in [-0.3, -0.25) is 4.90 Å². The largest absolute Gasteiger partial charge is 0.314 e. The third-order valence-electron chi connectivity index (χ3n) is 3.49. The van der Waals surface area contributed by atoms with Crippen LogP contribution in [0.3, 0.4) is 0 Å². The number of rotatable bonds is 5. The van der Waals surface area contributed by atoms with E-state index in [1.54, 1.807) is 0 Å². The quantitative estimate of drug-likeness (QED) is 0.768. The summed E-state index contributed by atoms with van der Waals surface area (Å²) in [6, 6.07) is 9.27. The summed E-state index contributed by atoms with van der Waals surface area (Å²) in [6.45, 7) is 8.32. The Morgan fingerprint density at radius 3 is 2.35 bits per heavy atom. The van der Waals surface area contributed by atoms with Crippen LogP contribution in [0.25, 0.3) is 0 Å². The van der Waals surface area contributed by atoms with E-state index in [2.05, 4.69) is 57.0 Å². The standard InChI is InChI=1S/C15H21BrN2.2ClH/c1-2-3-4-15(18-11-9-17-10-12-18)13-5-7-14(16)8-6-13;;/h2,5-8,15,17H,1,3-4,9-12H2;2*1H/t15-;;/m1../s1. The molecule has 1 heterocycles. The first-order valence-electron chi connectivity index (χ1n) is 6.62. The Labute approximate surface area is 143 Å². The third kappa shape index (κ3) is 5.74. The number of hydrogen-bond acceptors (Lipinski definition) is 2. The molecule has 2 rings (SSSR count). The van der Waals surface area contributed by atoms with E-state index in [4.69, 9.17) is 0 Å². The van der Waals surface area contributed by atoms with Crippen molar-refractivity contribution in [2.24, 2.45) is 0 Å². The Morgan fingerprint density at radius 1 is 1.20 bits per heavy atom. The van der Waals surface area contributed by atoms with E-state index < -0.39 is 0 Å². The van der Waals surface area contributed by atoms with Crippen molar-refractivity contribution in [1.29, 1.82) is 0 Å². The molecule has 0 saturated carbocycles. The lowest BCUT2D eigenvalue weighted by atomic mass is 9.99. The zero-order valence-corrected chi connectivity index (χ0v) is 14.8. The first kappa shape index (κ1) is 19.9. The van der Waals surface area contributed by atoms with Crippen molar-refractivity contribution in [3.05, 3.63) is 47.0 Å². The van der Waals surface area contributed by atoms with E-state index in [9.17, 15) is 0 Å². The molecule has 1 aromatic rings. The average Bonchev–Trinajstić information content (AvgIpc) is 2.42. The van der Waals surface area contributed by atoms with Crippen LogP contribution in [-0.4, -0.2) is 31.1 Å². The molecular weight excluding hydrogens is 359 g/mol. The second-order valence-corrected chi connectivity index (χ2v) is 5.64. The molecule has 0 amide bonds. The summed E-state index contributed by atoms with van der Waals surface area (Å²) in [5.74, 6) is 0. The van der Waals surface area contributed by atoms with Crippen molar-refractivity contribution in [3.63, 3.8) is 0 Å². The van der Waals surface area contributed by atoms with Crippen LogP contribution in [0.2, 0.25) is 0 Å². The first-order chi connectivity index (χ1) is 8.81. The molecule has 1 aliphatic rings. The second kappa shape index (κ2) is 10.6. The van der Waals surface area contributed by atoms with Crippen LogP contribution in [0.1, 0.15) is 24.4 Å². The van der Waals surface area contributed by atoms with Crippen LogP contribution < -0.4 is 5.32 Å². The smallest absolute Gasteiger partial charge is 0.0352 e. The summed E-state index contributed by atoms with van der Waals surface area (Å²) < 4.78 is 1.15. The molecule has 5 heteroatoms. The summed E-state index contributed by atoms with van der Waals surface area (Å²) in [7, 11) is 0. The average molecular weight is 382 g/mol. The fourth-order valence-electron chi connectivity index (χ4n) is 2.51. The van der Waals surface area contributed by atoms with Gasteiger partial charge < -0.3 is 5.32 Å². The Kier molecular flexibility index (Phi) is 10.6. The van der Waals surface area contributed by atoms with Crippen LogP contribution in [0.4, 0.5) is 0 Å². The molecule has 2 nitrogen and oxygen atoms in total. The molecule has 0 unspecified atom stereocenters. The van der Waals surface area contributed by atoms with Crippen molar-refractivity contribution in [3.8, 4) is 0 Å². The maximum atomic E-state index is 3.85. The van der Waals surface area contributed by atoms with E-state index in [0.717, 1.165) is 43.5 Å². The second-order valence-electron chi connectivity index (χ2n) is 4.72. The van der Waals surface area contributed by atoms with Gasteiger partial charge in [-0.25, -0.2) is 0 Å². The topological polar surface area (TPSA) is 15.3 Å². The fourth-order valence-corrected chi connectivity index (χ4v) is 2.78. The molecule has 0 bridgehead atoms. The lowest BCUT2D eigenvalue weighted by molar-refractivity contribution is 0.166. The number of benzene rings is 1. The maximum Gasteiger partial charge on any atom is 0.0352 e. The van der Waals surface area contributed by atoms with E-state index in [1.165, 1.54) is 5.56 Å². The number of piperazine rings is 1. The van der Waals surface area contributed by atoms with Gasteiger partial charge in [0.1, 0.15) is 0 Å². The summed E-state index contributed by atoms with van der Waals surface area (Å²) in [5.41, 5.74) is 1.42. The van der Waals surface area contributed by atoms with Gasteiger partial charge in [-0.1, -0.05) is 34.1 Å². The first-order valence-corrected chi connectivity index (χ1v) is 7.41. The molecule has 1 N–H and O–H groups in total. The summed E-state index contributed by atoms with van der Waals surface area (Å²) in [5, 5.41) is 3.42. The van der Waals surface area contributed by atoms with Gasteiger partial charge in [0.2, 0.25) is 0 Å². The highest BCUT2D eigenvalue weighted by molar-refractivity contribution is 9.10. The zero-order valence-electron chi connectivity index (χ0n) is 11.6. The van der Waals surface area contributed by atoms with Crippen LogP contribution >= 0.6 is 40.7 Å². The van der Waals surface area contributed by atoms with Crippen LogP contribution in [-0.2, 0) is 0 Å². The Bertz CT molecular complexity index is 378. The van der Waals surface area contributed by atoms with Gasteiger partial charge in [-0.05, 0) is 30.5 Å². The van der Waals surface area contributed by atoms with E-state index in [0.29, 0.717) is 6.04 Å². The molecule has 1 atom stereocenters. The molecule has 20 heavy (non-hydrogen) atoms. The van der Waals surface area contributed by atoms with Gasteiger partial charge in [0.15, 0.2) is 0 Å². The van der Waals surface area contributed by atoms with Crippen molar-refractivity contribution in [1.82, 2.24) is 10.2 Å². The summed E-state index contributed by atoms with van der Waals surface area (Å²) in [6.07, 6.45) is 4.25. The van der Waals surface area contributed by atoms with Gasteiger partial charge in [0.25, 0.3) is 0 Å². The molecule has 1 aromatic carbocycles. The molecular formula is C15H23BrCl2N2. The minimum Gasteiger partial charge on any atom is -0.314 e. The number of nitrogens with one attached hydrogen (secondary N) is 1. The van der Waals surface area contributed by atoms with Crippen LogP contribution in [0, 0.1) is 0 Å². The molecule has 114 valence electrons. The normalized spacial score (nSPS) is 16.6. The van der Waals surface area contributed by atoms with Gasteiger partial charge >= 0.3 is 0 Å². The van der Waals surface area contributed by atoms with Gasteiger partial charge in [0.05, 0.1) is 0 Å². The van der Waals surface area contributed by atoms with E-state index in [-0.39, 0.29) is 24.8 Å². The van der Waals surface area contributed by atoms with Crippen molar-refractivity contribution >= 4 is 40.7 Å². The minimum absolute atomic E-state index is 0. The summed E-state index contributed by atoms with van der Waals surface area (Å²) in [4.78, 5) is 2.59. The molecule has 1 fully saturated rings. The lowest BCUT2D eigenvalue weighted by Crippen LogP contribution is -2.45. The van der Waals surface area contributed by atoms with Crippen molar-refractivity contribution < 1.29 is 0 Å². The predicted octanol–water partition coefficient (Wildman–Crippen LogP) is 4.21. The van der Waals surface area contributed by atoms with Gasteiger partial charge in [-0.15, -0.1) is 31.4 Å². The van der Waals surface area contributed by atoms with Gasteiger partial charge in [0, 0.05) is 36.7 Å². The minimum atomic E-state index is 0. The molecule has 1 saturated heterocycles. The highest BCUT2D eigenvalue weighted by atomic mass is 79.9. The highest BCUT2D eigenvalue weighted by Gasteiger charge is 2.21. The van der Waals surface area contributed by atoms with Crippen molar-refractivity contribution in [2.45, 2.75) is 18.9 Å². The molecule has 0 spiro atoms. The highest BCUT2D eigenvalue weighted by Crippen LogP contribution is 2.27. The Balaban J connectivity index is 0.00000180. The SMILES string of the molecule is C=CCC[C@H](c1ccc(Br)cc1)N1CCNCC1.Cl.Cl. The maximum absolute atomic E-state index is 3.85. The molecule has 1 aliphatic heterocycles. The Hall–Kier alpha value is -0.0600. The third-order valence-corrected chi connectivity index (χ3v) is 4.02. The lowest BCUT2D eigenvalue weighted by Gasteiger charge is -2.35. The van der Waals surface area contributed by atoms with E-state index in [1.807, 2.05) is 6.08 Å². The molecule has 0 radical (unpaired) electrons. The Morgan fingerprint density at radius 2 is 1.80 bits per heavy atom. The predicted molar refractivity (Wildman–Crippen MR) is 95.3 cm³/mol. The van der Waals surface area contributed by atoms with Crippen molar-refractivity contribution in [2.75, 3.05) is 26.2 Å². The zero-order chi connectivity index (χ0) is 12.8. The number of allylic oxidation sites excluding steroid dienone is 1. The number of hydrogen-bond donors (Lipinski definition) is 1. The van der Waals surface area contributed by atoms with Crippen LogP contribution in [0.15, 0.2) is 41.4 Å². The summed E-state index contributed by atoms with van der Waals surface area (Å²) >= 11 is 3.50. The molecule has 0 aromatic heterocycles. The van der Waals surface area contributed by atoms with Gasteiger partial charge in [-0.2, -0.15) is 0 Å². The molecule has 0 aliphatic carbocycles. The fraction of sp³-hybridized carbons (Fsp3) is 0.467. The van der Waals surface area contributed by atoms with Crippen LogP contribution in [0.5, 0.6) is 0 Å². The van der Waals surface area contributed by atoms with E-state index >= 15 is 0 Å². The number of halogens is 3.